The van der Waals surface area contributed by atoms with Gasteiger partial charge in [-0.15, -0.1) is 0 Å². The topological polar surface area (TPSA) is 0 Å². The van der Waals surface area contributed by atoms with E-state index in [9.17, 15) is 0 Å². The molecule has 0 fully saturated rings. The van der Waals surface area contributed by atoms with Crippen LogP contribution in [0, 0.1) is 0 Å². The Morgan fingerprint density at radius 3 is 0.568 bits per heavy atom. The quantitative estimate of drug-likeness (QED) is 0.0460. The van der Waals surface area contributed by atoms with Gasteiger partial charge in [0, 0.05) is 0 Å². The second-order valence-corrected chi connectivity index (χ2v) is 18.2. The molecule has 0 rings (SSSR count). The Morgan fingerprint density at radius 2 is 0.378 bits per heavy atom. The Labute approximate surface area is 250 Å². The zero-order chi connectivity index (χ0) is 26.7. The van der Waals surface area contributed by atoms with Crippen molar-refractivity contribution in [2.24, 2.45) is 0 Å². The van der Waals surface area contributed by atoms with Crippen LogP contribution in [-0.4, -0.2) is 24.2 Å². The van der Waals surface area contributed by atoms with Crippen LogP contribution in [0.5, 0.6) is 0 Å². The van der Waals surface area contributed by atoms with Crippen LogP contribution >= 0.6 is 0 Å². The normalized spacial score (nSPS) is 11.5. The first-order valence-corrected chi connectivity index (χ1v) is 23.6. The number of unbranched alkanes of at least 4 members (excludes halogenated alkanes) is 30. The molecule has 222 valence electrons. The minimum Gasteiger partial charge on any atom is -0.0654 e. The van der Waals surface area contributed by atoms with Crippen LogP contribution in [0.3, 0.4) is 0 Å². The van der Waals surface area contributed by atoms with E-state index in [2.05, 4.69) is 13.8 Å². The molecule has 0 aliphatic rings. The average molecular weight is 714 g/mol. The summed E-state index contributed by atoms with van der Waals surface area (Å²) in [6.45, 7) is 4.62. The van der Waals surface area contributed by atoms with Crippen molar-refractivity contribution < 1.29 is 0 Å². The first kappa shape index (κ1) is 37.9. The standard InChI is InChI=1S/2C18H37.Pb/c2*1-3-5-7-9-11-13-15-17-18-16-14-12-10-8-6-4-2;/h2*1,3-18H2,2H3;. The van der Waals surface area contributed by atoms with Gasteiger partial charge < -0.3 is 0 Å². The molecule has 0 aromatic heterocycles. The molecule has 0 saturated heterocycles. The van der Waals surface area contributed by atoms with Gasteiger partial charge in [0.1, 0.15) is 0 Å². The predicted octanol–water partition coefficient (Wildman–Crippen LogP) is 14.1. The Hall–Kier alpha value is 0.922. The molecule has 2 radical (unpaired) electrons. The molecule has 0 aromatic rings. The maximum atomic E-state index is 2.31. The Balaban J connectivity index is 3.00. The van der Waals surface area contributed by atoms with E-state index in [1.54, 1.807) is 33.6 Å². The fourth-order valence-electron chi connectivity index (χ4n) is 5.72. The SMILES string of the molecule is CCCCCCCCCCCCCCCCC[CH2][Pb][CH2]CCCCCCCCCCCCCCCCC. The summed E-state index contributed by atoms with van der Waals surface area (Å²) in [7, 11) is 0. The van der Waals surface area contributed by atoms with Gasteiger partial charge in [-0.3, -0.25) is 0 Å². The van der Waals surface area contributed by atoms with Crippen molar-refractivity contribution >= 4 is 24.2 Å². The molecule has 0 aromatic carbocycles. The molecule has 0 aliphatic carbocycles. The van der Waals surface area contributed by atoms with Crippen molar-refractivity contribution in [3.63, 3.8) is 0 Å². The van der Waals surface area contributed by atoms with Crippen LogP contribution in [-0.2, 0) is 0 Å². The third kappa shape index (κ3) is 36.9. The van der Waals surface area contributed by atoms with Gasteiger partial charge in [0.25, 0.3) is 0 Å². The van der Waals surface area contributed by atoms with E-state index in [0.29, 0.717) is 0 Å². The molecule has 0 N–H and O–H groups in total. The van der Waals surface area contributed by atoms with Gasteiger partial charge in [0.2, 0.25) is 0 Å². The molecule has 0 spiro atoms. The second-order valence-electron chi connectivity index (χ2n) is 12.4. The number of hydrogen-bond acceptors (Lipinski definition) is 0. The summed E-state index contributed by atoms with van der Waals surface area (Å²) in [6, 6.07) is 0. The third-order valence-electron chi connectivity index (χ3n) is 8.41. The maximum absolute atomic E-state index is 2.31. The Kier molecular flexibility index (Phi) is 37.8. The summed E-state index contributed by atoms with van der Waals surface area (Å²) >= 11 is -0.204. The summed E-state index contributed by atoms with van der Waals surface area (Å²) in [5, 5.41) is 0. The van der Waals surface area contributed by atoms with Crippen LogP contribution in [0.25, 0.3) is 0 Å². The van der Waals surface area contributed by atoms with E-state index in [-0.39, 0.29) is 24.2 Å². The van der Waals surface area contributed by atoms with Gasteiger partial charge in [0.15, 0.2) is 0 Å². The molecular weight excluding hydrogens is 640 g/mol. The number of hydrogen-bond donors (Lipinski definition) is 0. The monoisotopic (exact) mass is 715 g/mol. The summed E-state index contributed by atoms with van der Waals surface area (Å²) in [4.78, 5) is 0. The number of rotatable bonds is 34. The molecule has 0 saturated carbocycles. The fraction of sp³-hybridized carbons (Fsp3) is 1.00. The predicted molar refractivity (Wildman–Crippen MR) is 174 cm³/mol. The van der Waals surface area contributed by atoms with E-state index in [1.165, 1.54) is 180 Å². The van der Waals surface area contributed by atoms with Gasteiger partial charge in [-0.1, -0.05) is 78.1 Å². The molecule has 0 nitrogen and oxygen atoms in total. The van der Waals surface area contributed by atoms with Crippen LogP contribution in [0.1, 0.15) is 219 Å². The molecule has 0 unspecified atom stereocenters. The van der Waals surface area contributed by atoms with Crippen molar-refractivity contribution in [1.82, 2.24) is 0 Å². The summed E-state index contributed by atoms with van der Waals surface area (Å²) < 4.78 is 3.38. The molecule has 37 heavy (non-hydrogen) atoms. The van der Waals surface area contributed by atoms with Crippen LogP contribution in [0.4, 0.5) is 0 Å². The van der Waals surface area contributed by atoms with Crippen LogP contribution < -0.4 is 0 Å². The van der Waals surface area contributed by atoms with Crippen molar-refractivity contribution in [2.75, 3.05) is 0 Å². The summed E-state index contributed by atoms with van der Waals surface area (Å²) in [5.74, 6) is 0. The first-order chi connectivity index (χ1) is 18.4. The fourth-order valence-corrected chi connectivity index (χ4v) is 10.6. The minimum absolute atomic E-state index is 0.204. The van der Waals surface area contributed by atoms with Gasteiger partial charge in [-0.2, -0.15) is 0 Å². The Bertz CT molecular complexity index is 332. The molecule has 1 heteroatoms. The molecule has 0 aliphatic heterocycles. The van der Waals surface area contributed by atoms with Gasteiger partial charge >= 0.3 is 173 Å². The molecule has 0 amide bonds. The molecule has 0 bridgehead atoms. The average Bonchev–Trinajstić information content (AvgIpc) is 2.91. The van der Waals surface area contributed by atoms with E-state index in [0.717, 1.165) is 0 Å². The van der Waals surface area contributed by atoms with Gasteiger partial charge in [-0.05, 0) is 0 Å². The Morgan fingerprint density at radius 1 is 0.216 bits per heavy atom. The van der Waals surface area contributed by atoms with Crippen LogP contribution in [0.2, 0.25) is 7.96 Å². The van der Waals surface area contributed by atoms with Crippen molar-refractivity contribution in [2.45, 2.75) is 227 Å². The smallest absolute Gasteiger partial charge is 0.0654 e. The molecular formula is C36H74Pb. The second kappa shape index (κ2) is 36.9. The zero-order valence-corrected chi connectivity index (χ0v) is 30.4. The van der Waals surface area contributed by atoms with Gasteiger partial charge in [0.05, 0.1) is 0 Å². The third-order valence-corrected chi connectivity index (χ3v) is 13.9. The van der Waals surface area contributed by atoms with Crippen LogP contribution in [0.15, 0.2) is 0 Å². The van der Waals surface area contributed by atoms with Gasteiger partial charge in [-0.25, -0.2) is 0 Å². The first-order valence-electron chi connectivity index (χ1n) is 18.1. The van der Waals surface area contributed by atoms with Crippen molar-refractivity contribution in [3.8, 4) is 0 Å². The van der Waals surface area contributed by atoms with E-state index in [1.807, 2.05) is 0 Å². The summed E-state index contributed by atoms with van der Waals surface area (Å²) in [6.07, 6.45) is 47.9. The van der Waals surface area contributed by atoms with E-state index >= 15 is 0 Å². The van der Waals surface area contributed by atoms with E-state index in [4.69, 9.17) is 0 Å². The minimum atomic E-state index is -0.204. The van der Waals surface area contributed by atoms with Crippen molar-refractivity contribution in [1.29, 1.82) is 0 Å². The summed E-state index contributed by atoms with van der Waals surface area (Å²) in [5.41, 5.74) is 0. The molecule has 0 heterocycles. The van der Waals surface area contributed by atoms with Crippen molar-refractivity contribution in [3.05, 3.63) is 0 Å². The zero-order valence-electron chi connectivity index (χ0n) is 26.5. The molecule has 0 atom stereocenters. The van der Waals surface area contributed by atoms with E-state index < -0.39 is 0 Å².